The molecule has 0 saturated carbocycles. The molecule has 2 saturated heterocycles. The van der Waals surface area contributed by atoms with E-state index in [0.717, 1.165) is 4.90 Å². The van der Waals surface area contributed by atoms with Gasteiger partial charge in [0.1, 0.15) is 18.9 Å². The van der Waals surface area contributed by atoms with Crippen LogP contribution < -0.4 is 21.3 Å². The third-order valence-electron chi connectivity index (χ3n) is 12.9. The van der Waals surface area contributed by atoms with Gasteiger partial charge in [-0.25, -0.2) is 9.59 Å². The number of hydrogen-bond donors (Lipinski definition) is 8. The molecule has 3 unspecified atom stereocenters. The summed E-state index contributed by atoms with van der Waals surface area (Å²) in [7, 11) is 2.98. The summed E-state index contributed by atoms with van der Waals surface area (Å²) in [5.41, 5.74) is -0.830. The van der Waals surface area contributed by atoms with Gasteiger partial charge in [-0.2, -0.15) is 0 Å². The molecule has 2 fully saturated rings. The zero-order chi connectivity index (χ0) is 57.6. The number of allylic oxidation sites excluding steroid dienone is 1. The second-order valence-corrected chi connectivity index (χ2v) is 19.7. The SMILES string of the molecule is CN(CC(=O)NCCCNC(=O)CCOCCC(=O)ON1C(=O)CCC1=O)C(=O)OC1/C=C/CC(C)(C(=O)N(C)CC(=O)NCCCNC(O)CN2CCN(CC(=O)O)CCN(CC(=O)O)CCN(CC(=O)O)CC2)CCC1. The van der Waals surface area contributed by atoms with Crippen LogP contribution in [0.5, 0.6) is 0 Å². The Hall–Kier alpha value is -6.37. The van der Waals surface area contributed by atoms with Gasteiger partial charge in [0.25, 0.3) is 11.8 Å². The molecular formula is C49H81N11O18. The van der Waals surface area contributed by atoms with Crippen LogP contribution >= 0.6 is 0 Å². The van der Waals surface area contributed by atoms with E-state index in [4.69, 9.17) is 14.3 Å². The number of aliphatic carboxylic acids is 3. The molecule has 0 bridgehead atoms. The zero-order valence-electron chi connectivity index (χ0n) is 45.2. The number of amides is 7. The largest absolute Gasteiger partial charge is 0.480 e. The van der Waals surface area contributed by atoms with E-state index in [1.165, 1.54) is 11.9 Å². The minimum atomic E-state index is -1.05. The average Bonchev–Trinajstić information content (AvgIpc) is 3.69. The van der Waals surface area contributed by atoms with E-state index < -0.39 is 65.4 Å². The topological polar surface area (TPSA) is 367 Å². The van der Waals surface area contributed by atoms with Crippen LogP contribution in [-0.2, 0) is 62.3 Å². The summed E-state index contributed by atoms with van der Waals surface area (Å²) in [4.78, 5) is 148. The molecule has 78 heavy (non-hydrogen) atoms. The predicted octanol–water partition coefficient (Wildman–Crippen LogP) is -3.07. The molecule has 7 amide bonds. The standard InChI is InChI=1S/C49H81N11O18/c1-49(14-4-8-36(9-5-15-49)77-48(75)55(3)31-39(63)52-17-6-16-50-37(61)12-28-76-29-13-46(73)78-60-41(65)10-11-42(60)66)47(74)54(2)30-38(62)51-18-7-19-53-40(64)32-56-20-22-57(33-43(67)68)24-26-59(35-45(71)72)27-25-58(23-21-56)34-44(69)70/h4,8,36,40,53,64H,5-7,9-35H2,1-3H3,(H,50,61)(H,51,62)(H,52,63)(H,67,68)(H,69,70)(H,71,72)/b8-4+. The highest BCUT2D eigenvalue weighted by Gasteiger charge is 2.36. The summed E-state index contributed by atoms with van der Waals surface area (Å²) in [6, 6.07) is 0. The van der Waals surface area contributed by atoms with Crippen LogP contribution in [0.25, 0.3) is 0 Å². The number of nitrogens with zero attached hydrogens (tertiary/aromatic N) is 7. The summed E-state index contributed by atoms with van der Waals surface area (Å²) in [6.45, 7) is 4.12. The lowest BCUT2D eigenvalue weighted by Gasteiger charge is -2.33. The number of carbonyl (C=O) groups is 11. The number of nitrogens with one attached hydrogen (secondary N) is 4. The first kappa shape index (κ1) is 65.9. The van der Waals surface area contributed by atoms with Crippen LogP contribution in [0, 0.1) is 5.41 Å². The van der Waals surface area contributed by atoms with Crippen LogP contribution in [0.2, 0.25) is 0 Å². The molecule has 3 rings (SSSR count). The molecule has 29 heteroatoms. The Bertz CT molecular complexity index is 2020. The molecule has 2 aliphatic heterocycles. The fourth-order valence-electron chi connectivity index (χ4n) is 8.59. The highest BCUT2D eigenvalue weighted by Crippen LogP contribution is 2.33. The number of carbonyl (C=O) groups excluding carboxylic acids is 8. The minimum Gasteiger partial charge on any atom is -0.480 e. The fraction of sp³-hybridized carbons (Fsp3) is 0.735. The van der Waals surface area contributed by atoms with Gasteiger partial charge in [-0.15, -0.1) is 5.06 Å². The number of ether oxygens (including phenoxy) is 2. The van der Waals surface area contributed by atoms with Crippen LogP contribution in [-0.4, -0.2) is 278 Å². The number of hydrogen-bond acceptors (Lipinski definition) is 20. The smallest absolute Gasteiger partial charge is 0.410 e. The Morgan fingerprint density at radius 1 is 0.679 bits per heavy atom. The number of carboxylic acid groups (broad SMARTS) is 3. The molecule has 29 nitrogen and oxygen atoms in total. The zero-order valence-corrected chi connectivity index (χ0v) is 45.2. The van der Waals surface area contributed by atoms with Gasteiger partial charge in [0.05, 0.1) is 51.2 Å². The number of aliphatic hydroxyl groups is 1. The predicted molar refractivity (Wildman–Crippen MR) is 274 cm³/mol. The fourth-order valence-corrected chi connectivity index (χ4v) is 8.59. The minimum absolute atomic E-state index is 0.0115. The Morgan fingerprint density at radius 2 is 1.15 bits per heavy atom. The van der Waals surface area contributed by atoms with Crippen LogP contribution in [0.3, 0.4) is 0 Å². The van der Waals surface area contributed by atoms with E-state index in [1.807, 2.05) is 11.8 Å². The summed E-state index contributed by atoms with van der Waals surface area (Å²) >= 11 is 0. The summed E-state index contributed by atoms with van der Waals surface area (Å²) < 4.78 is 10.9. The highest BCUT2D eigenvalue weighted by molar-refractivity contribution is 6.01. The lowest BCUT2D eigenvalue weighted by Crippen LogP contribution is -2.50. The molecule has 0 aromatic carbocycles. The third-order valence-corrected chi connectivity index (χ3v) is 12.9. The number of β-amino-alcohol motifs (C(OH)–C–C–N with tert-alkyl or cyclic N) is 1. The Kier molecular flexibility index (Phi) is 29.7. The number of aliphatic hydroxyl groups excluding tert-OH is 1. The molecule has 0 aromatic heterocycles. The first-order chi connectivity index (χ1) is 37.0. The van der Waals surface area contributed by atoms with Crippen LogP contribution in [0.15, 0.2) is 12.2 Å². The second-order valence-electron chi connectivity index (χ2n) is 19.7. The van der Waals surface area contributed by atoms with Crippen molar-refractivity contribution in [3.63, 3.8) is 0 Å². The molecule has 0 spiro atoms. The van der Waals surface area contributed by atoms with Crippen molar-refractivity contribution >= 4 is 65.4 Å². The number of rotatable bonds is 30. The number of carboxylic acids is 3. The molecule has 1 aliphatic carbocycles. The van der Waals surface area contributed by atoms with Gasteiger partial charge in [-0.1, -0.05) is 13.0 Å². The third kappa shape index (κ3) is 26.8. The summed E-state index contributed by atoms with van der Waals surface area (Å²) in [6.07, 6.45) is 3.51. The molecule has 8 N–H and O–H groups in total. The van der Waals surface area contributed by atoms with E-state index in [-0.39, 0.29) is 142 Å². The van der Waals surface area contributed by atoms with Crippen molar-refractivity contribution in [3.8, 4) is 0 Å². The van der Waals surface area contributed by atoms with Crippen molar-refractivity contribution in [2.45, 2.75) is 83.5 Å². The first-order valence-electron chi connectivity index (χ1n) is 26.3. The van der Waals surface area contributed by atoms with Gasteiger partial charge in [-0.3, -0.25) is 68.1 Å². The Morgan fingerprint density at radius 3 is 1.68 bits per heavy atom. The normalized spacial score (nSPS) is 20.2. The summed E-state index contributed by atoms with van der Waals surface area (Å²) in [5.74, 6) is -6.44. The lowest BCUT2D eigenvalue weighted by molar-refractivity contribution is -0.198. The van der Waals surface area contributed by atoms with E-state index in [0.29, 0.717) is 76.3 Å². The van der Waals surface area contributed by atoms with Crippen molar-refractivity contribution in [3.05, 3.63) is 12.2 Å². The van der Waals surface area contributed by atoms with E-state index in [1.54, 1.807) is 33.9 Å². The van der Waals surface area contributed by atoms with Crippen molar-refractivity contribution in [2.75, 3.05) is 145 Å². The second kappa shape index (κ2) is 35.2. The molecular weight excluding hydrogens is 1030 g/mol. The Balaban J connectivity index is 1.30. The van der Waals surface area contributed by atoms with Crippen molar-refractivity contribution in [1.29, 1.82) is 0 Å². The quantitative estimate of drug-likeness (QED) is 0.0153. The van der Waals surface area contributed by atoms with Gasteiger partial charge >= 0.3 is 30.0 Å². The van der Waals surface area contributed by atoms with Crippen molar-refractivity contribution in [1.82, 2.24) is 55.7 Å². The maximum Gasteiger partial charge on any atom is 0.410 e. The van der Waals surface area contributed by atoms with E-state index in [2.05, 4.69) is 21.3 Å². The van der Waals surface area contributed by atoms with Gasteiger partial charge in [-0.05, 0) is 51.1 Å². The molecule has 0 radical (unpaired) electrons. The number of imide groups is 1. The van der Waals surface area contributed by atoms with Crippen LogP contribution in [0.4, 0.5) is 4.79 Å². The average molecular weight is 1110 g/mol. The highest BCUT2D eigenvalue weighted by atomic mass is 16.7. The molecule has 3 aliphatic rings. The Labute approximate surface area is 453 Å². The van der Waals surface area contributed by atoms with Crippen molar-refractivity contribution in [2.24, 2.45) is 5.41 Å². The van der Waals surface area contributed by atoms with Crippen LogP contribution in [0.1, 0.15) is 71.1 Å². The summed E-state index contributed by atoms with van der Waals surface area (Å²) in [5, 5.41) is 50.8. The van der Waals surface area contributed by atoms with E-state index in [9.17, 15) is 73.2 Å². The monoisotopic (exact) mass is 1110 g/mol. The molecule has 3 atom stereocenters. The molecule has 0 aromatic rings. The first-order valence-corrected chi connectivity index (χ1v) is 26.3. The number of likely N-dealkylation sites (N-methyl/N-ethyl adjacent to an activating group) is 2. The number of hydroxylamine groups is 2. The van der Waals surface area contributed by atoms with Gasteiger partial charge in [0, 0.05) is 112 Å². The lowest BCUT2D eigenvalue weighted by atomic mass is 9.78. The van der Waals surface area contributed by atoms with E-state index >= 15 is 0 Å². The van der Waals surface area contributed by atoms with Gasteiger partial charge in [0.15, 0.2) is 0 Å². The maximum atomic E-state index is 13.7. The maximum absolute atomic E-state index is 13.7. The van der Waals surface area contributed by atoms with Crippen molar-refractivity contribution < 1.29 is 87.5 Å². The van der Waals surface area contributed by atoms with Gasteiger partial charge in [0.2, 0.25) is 23.6 Å². The van der Waals surface area contributed by atoms with Gasteiger partial charge < -0.3 is 60.5 Å². The molecule has 2 heterocycles. The molecule has 440 valence electrons.